The van der Waals surface area contributed by atoms with E-state index < -0.39 is 6.10 Å². The number of halogens is 1. The van der Waals surface area contributed by atoms with Crippen molar-refractivity contribution < 1.29 is 5.11 Å². The lowest BCUT2D eigenvalue weighted by atomic mass is 10.1. The van der Waals surface area contributed by atoms with Crippen molar-refractivity contribution >= 4 is 11.6 Å². The van der Waals surface area contributed by atoms with Crippen LogP contribution in [-0.4, -0.2) is 19.9 Å². The van der Waals surface area contributed by atoms with Crippen LogP contribution in [0.3, 0.4) is 0 Å². The van der Waals surface area contributed by atoms with Crippen molar-refractivity contribution in [3.8, 4) is 0 Å². The second-order valence-electron chi connectivity index (χ2n) is 3.78. The summed E-state index contributed by atoms with van der Waals surface area (Å²) >= 11 is 6.07. The average Bonchev–Trinajstić information content (AvgIpc) is 2.71. The molecule has 0 aromatic carbocycles. The third kappa shape index (κ3) is 2.48. The van der Waals surface area contributed by atoms with E-state index in [4.69, 9.17) is 11.6 Å². The van der Waals surface area contributed by atoms with Gasteiger partial charge in [0.1, 0.15) is 6.10 Å². The lowest BCUT2D eigenvalue weighted by molar-refractivity contribution is 0.207. The molecule has 0 bridgehead atoms. The Morgan fingerprint density at radius 1 is 1.41 bits per heavy atom. The van der Waals surface area contributed by atoms with Gasteiger partial charge in [0.15, 0.2) is 0 Å². The van der Waals surface area contributed by atoms with E-state index in [2.05, 4.69) is 17.0 Å². The molecule has 1 unspecified atom stereocenters. The van der Waals surface area contributed by atoms with E-state index in [-0.39, 0.29) is 0 Å². The van der Waals surface area contributed by atoms with Gasteiger partial charge in [0, 0.05) is 18.9 Å². The van der Waals surface area contributed by atoms with Gasteiger partial charge in [-0.25, -0.2) is 0 Å². The van der Waals surface area contributed by atoms with Gasteiger partial charge in [0.05, 0.1) is 16.9 Å². The number of nitrogens with zero attached hydrogens (tertiary/aromatic N) is 3. The van der Waals surface area contributed by atoms with Crippen LogP contribution in [0.4, 0.5) is 0 Å². The number of aryl methyl sites for hydroxylation is 1. The number of hydrogen-bond acceptors (Lipinski definition) is 3. The van der Waals surface area contributed by atoms with Crippen molar-refractivity contribution in [3.63, 3.8) is 0 Å². The van der Waals surface area contributed by atoms with Gasteiger partial charge in [-0.05, 0) is 24.1 Å². The van der Waals surface area contributed by atoms with Crippen LogP contribution in [0.15, 0.2) is 30.7 Å². The molecule has 2 heterocycles. The molecule has 0 aliphatic carbocycles. The fourth-order valence-electron chi connectivity index (χ4n) is 1.74. The maximum Gasteiger partial charge on any atom is 0.122 e. The summed E-state index contributed by atoms with van der Waals surface area (Å²) in [4.78, 5) is 3.92. The molecular formula is C12H14ClN3O. The minimum Gasteiger partial charge on any atom is -0.382 e. The van der Waals surface area contributed by atoms with Crippen LogP contribution in [0.2, 0.25) is 5.02 Å². The molecule has 17 heavy (non-hydrogen) atoms. The summed E-state index contributed by atoms with van der Waals surface area (Å²) in [5, 5.41) is 14.9. The highest BCUT2D eigenvalue weighted by atomic mass is 35.5. The third-order valence-corrected chi connectivity index (χ3v) is 2.84. The molecule has 2 rings (SSSR count). The molecule has 0 amide bonds. The largest absolute Gasteiger partial charge is 0.382 e. The van der Waals surface area contributed by atoms with E-state index >= 15 is 0 Å². The molecular weight excluding hydrogens is 238 g/mol. The summed E-state index contributed by atoms with van der Waals surface area (Å²) in [7, 11) is 0. The van der Waals surface area contributed by atoms with Crippen LogP contribution in [0.1, 0.15) is 30.7 Å². The van der Waals surface area contributed by atoms with Crippen LogP contribution in [0.5, 0.6) is 0 Å². The predicted octanol–water partition coefficient (Wildman–Crippen LogP) is 2.42. The third-order valence-electron chi connectivity index (χ3n) is 2.55. The van der Waals surface area contributed by atoms with Crippen molar-refractivity contribution in [1.82, 2.24) is 14.8 Å². The van der Waals surface area contributed by atoms with E-state index in [1.54, 1.807) is 35.4 Å². The van der Waals surface area contributed by atoms with Crippen LogP contribution in [0, 0.1) is 0 Å². The predicted molar refractivity (Wildman–Crippen MR) is 65.8 cm³/mol. The zero-order chi connectivity index (χ0) is 12.3. The molecule has 0 aliphatic heterocycles. The van der Waals surface area contributed by atoms with Gasteiger partial charge in [0.2, 0.25) is 0 Å². The van der Waals surface area contributed by atoms with Crippen molar-refractivity contribution in [2.45, 2.75) is 26.0 Å². The van der Waals surface area contributed by atoms with E-state index in [9.17, 15) is 5.11 Å². The normalized spacial score (nSPS) is 12.6. The molecule has 90 valence electrons. The molecule has 2 aromatic rings. The topological polar surface area (TPSA) is 50.9 Å². The first-order valence-electron chi connectivity index (χ1n) is 5.53. The fourth-order valence-corrected chi connectivity index (χ4v) is 1.98. The van der Waals surface area contributed by atoms with Gasteiger partial charge in [-0.2, -0.15) is 5.10 Å². The molecule has 0 saturated heterocycles. The van der Waals surface area contributed by atoms with Crippen LogP contribution < -0.4 is 0 Å². The first-order chi connectivity index (χ1) is 8.24. The van der Waals surface area contributed by atoms with Crippen molar-refractivity contribution in [2.24, 2.45) is 0 Å². The Kier molecular flexibility index (Phi) is 3.76. The molecule has 2 aromatic heterocycles. The minimum atomic E-state index is -0.764. The number of pyridine rings is 1. The molecule has 0 fully saturated rings. The smallest absolute Gasteiger partial charge is 0.122 e. The molecule has 0 saturated carbocycles. The van der Waals surface area contributed by atoms with E-state index in [0.29, 0.717) is 10.7 Å². The molecule has 1 atom stereocenters. The molecule has 0 spiro atoms. The Morgan fingerprint density at radius 2 is 2.12 bits per heavy atom. The van der Waals surface area contributed by atoms with E-state index in [0.717, 1.165) is 18.5 Å². The summed E-state index contributed by atoms with van der Waals surface area (Å²) in [5.74, 6) is 0. The number of aliphatic hydroxyl groups excluding tert-OH is 1. The minimum absolute atomic E-state index is 0.489. The highest BCUT2D eigenvalue weighted by molar-refractivity contribution is 6.31. The Morgan fingerprint density at radius 3 is 2.76 bits per heavy atom. The monoisotopic (exact) mass is 251 g/mol. The molecule has 1 N–H and O–H groups in total. The highest BCUT2D eigenvalue weighted by Crippen LogP contribution is 2.27. The standard InChI is InChI=1S/C12H14ClN3O/c1-2-7-16-11(10(13)8-15-16)12(17)9-3-5-14-6-4-9/h3-6,8,12,17H,2,7H2,1H3. The molecule has 0 radical (unpaired) electrons. The quantitative estimate of drug-likeness (QED) is 0.908. The van der Waals surface area contributed by atoms with Crippen LogP contribution in [-0.2, 0) is 6.54 Å². The SMILES string of the molecule is CCCn1ncc(Cl)c1C(O)c1ccncc1. The highest BCUT2D eigenvalue weighted by Gasteiger charge is 2.19. The Bertz CT molecular complexity index is 484. The zero-order valence-corrected chi connectivity index (χ0v) is 10.3. The summed E-state index contributed by atoms with van der Waals surface area (Å²) in [5.41, 5.74) is 1.40. The average molecular weight is 252 g/mol. The van der Waals surface area contributed by atoms with Gasteiger partial charge < -0.3 is 5.11 Å². The second-order valence-corrected chi connectivity index (χ2v) is 4.19. The van der Waals surface area contributed by atoms with Crippen LogP contribution >= 0.6 is 11.6 Å². The van der Waals surface area contributed by atoms with Gasteiger partial charge in [-0.3, -0.25) is 9.67 Å². The number of aromatic nitrogens is 3. The van der Waals surface area contributed by atoms with Gasteiger partial charge in [-0.15, -0.1) is 0 Å². The van der Waals surface area contributed by atoms with E-state index in [1.165, 1.54) is 0 Å². The number of aliphatic hydroxyl groups is 1. The second kappa shape index (κ2) is 5.29. The number of hydrogen-bond donors (Lipinski definition) is 1. The lowest BCUT2D eigenvalue weighted by Crippen LogP contribution is -2.10. The molecule has 5 heteroatoms. The van der Waals surface area contributed by atoms with Crippen molar-refractivity contribution in [2.75, 3.05) is 0 Å². The zero-order valence-electron chi connectivity index (χ0n) is 9.55. The summed E-state index contributed by atoms with van der Waals surface area (Å²) < 4.78 is 1.74. The Hall–Kier alpha value is -1.39. The number of rotatable bonds is 4. The van der Waals surface area contributed by atoms with Gasteiger partial charge in [-0.1, -0.05) is 18.5 Å². The summed E-state index contributed by atoms with van der Waals surface area (Å²) in [6.45, 7) is 2.79. The lowest BCUT2D eigenvalue weighted by Gasteiger charge is -2.13. The van der Waals surface area contributed by atoms with Crippen molar-refractivity contribution in [1.29, 1.82) is 0 Å². The first kappa shape index (κ1) is 12.1. The maximum atomic E-state index is 10.3. The summed E-state index contributed by atoms with van der Waals surface area (Å²) in [6, 6.07) is 3.54. The van der Waals surface area contributed by atoms with Gasteiger partial charge >= 0.3 is 0 Å². The summed E-state index contributed by atoms with van der Waals surface area (Å²) in [6.07, 6.45) is 5.03. The maximum absolute atomic E-state index is 10.3. The fraction of sp³-hybridized carbons (Fsp3) is 0.333. The molecule has 4 nitrogen and oxygen atoms in total. The van der Waals surface area contributed by atoms with Crippen LogP contribution in [0.25, 0.3) is 0 Å². The van der Waals surface area contributed by atoms with Gasteiger partial charge in [0.25, 0.3) is 0 Å². The Labute approximate surface area is 105 Å². The molecule has 0 aliphatic rings. The van der Waals surface area contributed by atoms with Crippen molar-refractivity contribution in [3.05, 3.63) is 47.0 Å². The Balaban J connectivity index is 2.36. The first-order valence-corrected chi connectivity index (χ1v) is 5.91. The van der Waals surface area contributed by atoms with E-state index in [1.807, 2.05) is 0 Å².